The van der Waals surface area contributed by atoms with Gasteiger partial charge in [-0.2, -0.15) is 0 Å². The zero-order valence-corrected chi connectivity index (χ0v) is 11.5. The largest absolute Gasteiger partial charge is 0.497 e. The number of benzene rings is 1. The molecule has 6 heteroatoms. The first-order chi connectivity index (χ1) is 9.05. The van der Waals surface area contributed by atoms with Crippen LogP contribution >= 0.6 is 11.6 Å². The minimum Gasteiger partial charge on any atom is -0.497 e. The lowest BCUT2D eigenvalue weighted by Gasteiger charge is -2.31. The summed E-state index contributed by atoms with van der Waals surface area (Å²) in [5.41, 5.74) is 5.71. The summed E-state index contributed by atoms with van der Waals surface area (Å²) in [5, 5.41) is 3.21. The van der Waals surface area contributed by atoms with Crippen LogP contribution < -0.4 is 15.8 Å². The summed E-state index contributed by atoms with van der Waals surface area (Å²) >= 11 is 6.05. The van der Waals surface area contributed by atoms with Crippen molar-refractivity contribution in [1.29, 1.82) is 0 Å². The van der Waals surface area contributed by atoms with Crippen LogP contribution in [0.5, 0.6) is 5.75 Å². The van der Waals surface area contributed by atoms with E-state index in [1.165, 1.54) is 0 Å². The van der Waals surface area contributed by atoms with Crippen molar-refractivity contribution >= 4 is 23.2 Å². The van der Waals surface area contributed by atoms with Crippen LogP contribution in [0.1, 0.15) is 12.8 Å². The van der Waals surface area contributed by atoms with Crippen molar-refractivity contribution in [1.82, 2.24) is 0 Å². The van der Waals surface area contributed by atoms with Crippen LogP contribution in [0.2, 0.25) is 5.02 Å². The van der Waals surface area contributed by atoms with E-state index in [1.807, 2.05) is 0 Å². The minimum absolute atomic E-state index is 0.244. The van der Waals surface area contributed by atoms with Crippen LogP contribution in [-0.4, -0.2) is 31.8 Å². The summed E-state index contributed by atoms with van der Waals surface area (Å²) < 4.78 is 10.3. The maximum atomic E-state index is 12.2. The second-order valence-corrected chi connectivity index (χ2v) is 4.98. The van der Waals surface area contributed by atoms with Crippen molar-refractivity contribution in [2.45, 2.75) is 18.4 Å². The monoisotopic (exact) mass is 284 g/mol. The zero-order chi connectivity index (χ0) is 13.9. The van der Waals surface area contributed by atoms with Crippen LogP contribution in [0.3, 0.4) is 0 Å². The van der Waals surface area contributed by atoms with Gasteiger partial charge >= 0.3 is 0 Å². The number of anilines is 1. The Kier molecular flexibility index (Phi) is 4.29. The average molecular weight is 285 g/mol. The first-order valence-corrected chi connectivity index (χ1v) is 6.44. The van der Waals surface area contributed by atoms with Gasteiger partial charge in [-0.25, -0.2) is 0 Å². The zero-order valence-electron chi connectivity index (χ0n) is 10.7. The molecule has 0 saturated carbocycles. The Bertz CT molecular complexity index is 473. The smallest absolute Gasteiger partial charge is 0.244 e. The predicted molar refractivity (Wildman–Crippen MR) is 73.6 cm³/mol. The van der Waals surface area contributed by atoms with E-state index in [-0.39, 0.29) is 5.91 Å². The lowest BCUT2D eigenvalue weighted by atomic mass is 9.90. The Morgan fingerprint density at radius 1 is 1.47 bits per heavy atom. The number of methoxy groups -OCH3 is 1. The number of halogens is 1. The molecule has 1 aliphatic rings. The van der Waals surface area contributed by atoms with Crippen molar-refractivity contribution in [3.05, 3.63) is 23.2 Å². The highest BCUT2D eigenvalue weighted by atomic mass is 35.5. The lowest BCUT2D eigenvalue weighted by Crippen LogP contribution is -2.54. The number of hydrogen-bond acceptors (Lipinski definition) is 4. The molecule has 2 rings (SSSR count). The Hall–Kier alpha value is -1.30. The van der Waals surface area contributed by atoms with Crippen molar-refractivity contribution in [3.8, 4) is 5.75 Å². The standard InChI is InChI=1S/C13H17ClN2O3/c1-18-9-2-3-10(14)11(8-9)16-12(17)13(15)4-6-19-7-5-13/h2-3,8H,4-7,15H2,1H3,(H,16,17). The number of rotatable bonds is 3. The molecule has 1 amide bonds. The number of ether oxygens (including phenoxy) is 2. The first kappa shape index (κ1) is 14.1. The van der Waals surface area contributed by atoms with E-state index in [0.29, 0.717) is 42.5 Å². The van der Waals surface area contributed by atoms with Crippen molar-refractivity contribution in [2.24, 2.45) is 5.73 Å². The molecule has 19 heavy (non-hydrogen) atoms. The molecule has 1 saturated heterocycles. The van der Waals surface area contributed by atoms with Crippen LogP contribution in [0.4, 0.5) is 5.69 Å². The molecule has 0 aromatic heterocycles. The van der Waals surface area contributed by atoms with Gasteiger partial charge in [-0.05, 0) is 25.0 Å². The summed E-state index contributed by atoms with van der Waals surface area (Å²) in [6.07, 6.45) is 1.00. The fourth-order valence-electron chi connectivity index (χ4n) is 1.94. The van der Waals surface area contributed by atoms with Crippen LogP contribution in [0.15, 0.2) is 18.2 Å². The molecular weight excluding hydrogens is 268 g/mol. The molecule has 0 radical (unpaired) electrons. The Morgan fingerprint density at radius 3 is 2.79 bits per heavy atom. The molecule has 0 aliphatic carbocycles. The van der Waals surface area contributed by atoms with E-state index >= 15 is 0 Å². The number of nitrogens with one attached hydrogen (secondary N) is 1. The molecule has 1 aliphatic heterocycles. The van der Waals surface area contributed by atoms with Gasteiger partial charge in [0.25, 0.3) is 0 Å². The van der Waals surface area contributed by atoms with Gasteiger partial charge in [-0.1, -0.05) is 11.6 Å². The highest BCUT2D eigenvalue weighted by Crippen LogP contribution is 2.28. The van der Waals surface area contributed by atoms with Gasteiger partial charge in [0.2, 0.25) is 5.91 Å². The maximum absolute atomic E-state index is 12.2. The molecule has 0 bridgehead atoms. The van der Waals surface area contributed by atoms with Gasteiger partial charge in [-0.3, -0.25) is 4.79 Å². The molecule has 1 fully saturated rings. The number of carbonyl (C=O) groups excluding carboxylic acids is 1. The van der Waals surface area contributed by atoms with Crippen molar-refractivity contribution in [2.75, 3.05) is 25.6 Å². The molecule has 0 spiro atoms. The number of hydrogen-bond donors (Lipinski definition) is 2. The second-order valence-electron chi connectivity index (χ2n) is 4.57. The van der Waals surface area contributed by atoms with Gasteiger partial charge in [0.15, 0.2) is 0 Å². The van der Waals surface area contributed by atoms with E-state index in [1.54, 1.807) is 25.3 Å². The van der Waals surface area contributed by atoms with Crippen LogP contribution in [0, 0.1) is 0 Å². The van der Waals surface area contributed by atoms with Crippen molar-refractivity contribution < 1.29 is 14.3 Å². The van der Waals surface area contributed by atoms with Gasteiger partial charge < -0.3 is 20.5 Å². The van der Waals surface area contributed by atoms with Gasteiger partial charge in [0, 0.05) is 19.3 Å². The third-order valence-corrected chi connectivity index (χ3v) is 3.59. The molecule has 0 atom stereocenters. The Labute approximate surface area is 117 Å². The minimum atomic E-state index is -0.898. The maximum Gasteiger partial charge on any atom is 0.244 e. The third kappa shape index (κ3) is 3.18. The molecule has 5 nitrogen and oxygen atoms in total. The van der Waals surface area contributed by atoms with Gasteiger partial charge in [-0.15, -0.1) is 0 Å². The lowest BCUT2D eigenvalue weighted by molar-refractivity contribution is -0.124. The first-order valence-electron chi connectivity index (χ1n) is 6.07. The SMILES string of the molecule is COc1ccc(Cl)c(NC(=O)C2(N)CCOCC2)c1. The van der Waals surface area contributed by atoms with E-state index in [9.17, 15) is 4.79 Å². The molecular formula is C13H17ClN2O3. The number of amides is 1. The average Bonchev–Trinajstić information content (AvgIpc) is 2.42. The van der Waals surface area contributed by atoms with Gasteiger partial charge in [0.1, 0.15) is 11.3 Å². The molecule has 104 valence electrons. The summed E-state index contributed by atoms with van der Waals surface area (Å²) in [7, 11) is 1.55. The molecule has 1 aromatic rings. The van der Waals surface area contributed by atoms with E-state index < -0.39 is 5.54 Å². The highest BCUT2D eigenvalue weighted by Gasteiger charge is 2.36. The molecule has 0 unspecified atom stereocenters. The fourth-order valence-corrected chi connectivity index (χ4v) is 2.10. The van der Waals surface area contributed by atoms with Crippen molar-refractivity contribution in [3.63, 3.8) is 0 Å². The van der Waals surface area contributed by atoms with Crippen LogP contribution in [-0.2, 0) is 9.53 Å². The molecule has 1 aromatic carbocycles. The normalized spacial score (nSPS) is 17.8. The summed E-state index contributed by atoms with van der Waals surface area (Å²) in [5.74, 6) is 0.378. The van der Waals surface area contributed by atoms with E-state index in [4.69, 9.17) is 26.8 Å². The third-order valence-electron chi connectivity index (χ3n) is 3.26. The van der Waals surface area contributed by atoms with E-state index in [0.717, 1.165) is 0 Å². The summed E-state index contributed by atoms with van der Waals surface area (Å²) in [6, 6.07) is 5.07. The fraction of sp³-hybridized carbons (Fsp3) is 0.462. The second kappa shape index (κ2) is 5.77. The topological polar surface area (TPSA) is 73.6 Å². The summed E-state index contributed by atoms with van der Waals surface area (Å²) in [4.78, 5) is 12.2. The van der Waals surface area contributed by atoms with Gasteiger partial charge in [0.05, 0.1) is 17.8 Å². The highest BCUT2D eigenvalue weighted by molar-refractivity contribution is 6.33. The Balaban J connectivity index is 2.14. The number of nitrogens with two attached hydrogens (primary N) is 1. The molecule has 1 heterocycles. The van der Waals surface area contributed by atoms with E-state index in [2.05, 4.69) is 5.32 Å². The van der Waals surface area contributed by atoms with Crippen LogP contribution in [0.25, 0.3) is 0 Å². The molecule has 3 N–H and O–H groups in total. The predicted octanol–water partition coefficient (Wildman–Crippen LogP) is 1.79. The number of carbonyl (C=O) groups is 1. The summed E-state index contributed by atoms with van der Waals surface area (Å²) in [6.45, 7) is 0.992. The Morgan fingerprint density at radius 2 is 2.16 bits per heavy atom. The quantitative estimate of drug-likeness (QED) is 0.887.